The molecule has 1 atom stereocenters. The fourth-order valence-electron chi connectivity index (χ4n) is 4.33. The van der Waals surface area contributed by atoms with E-state index in [2.05, 4.69) is 34.9 Å². The van der Waals surface area contributed by atoms with Crippen LogP contribution in [0, 0.1) is 0 Å². The normalized spacial score (nSPS) is 12.8. The van der Waals surface area contributed by atoms with Gasteiger partial charge in [0.05, 0.1) is 12.6 Å². The van der Waals surface area contributed by atoms with Crippen molar-refractivity contribution in [1.29, 1.82) is 0 Å². The van der Waals surface area contributed by atoms with E-state index in [0.29, 0.717) is 19.4 Å². The highest BCUT2D eigenvalue weighted by atomic mass is 16.6. The minimum atomic E-state index is -0.568. The standard InChI is InChI=1S/C28H30N2O5/c31-17-21(11-8-16-29-27(32)34-18-20-9-2-1-3-10-20)30-28(33)35-19-26-24-14-6-4-12-22(24)23-13-5-7-15-25(23)26/h1-7,9-10,12-15,21,26,31H,8,11,16-19H2,(H,29,32)(H,30,33)/t21-/m0/s1. The van der Waals surface area contributed by atoms with Crippen LogP contribution in [0.4, 0.5) is 9.59 Å². The Morgan fingerprint density at radius 1 is 0.829 bits per heavy atom. The SMILES string of the molecule is O=C(NCCC[C@@H](CO)NC(=O)OCC1c2ccccc2-c2ccccc21)OCc1ccccc1. The molecule has 0 radical (unpaired) electrons. The van der Waals surface area contributed by atoms with E-state index in [9.17, 15) is 14.7 Å². The number of carbonyl (C=O) groups excluding carboxylic acids is 2. The lowest BCUT2D eigenvalue weighted by atomic mass is 9.98. The zero-order valence-corrected chi connectivity index (χ0v) is 19.5. The first-order valence-electron chi connectivity index (χ1n) is 11.8. The zero-order chi connectivity index (χ0) is 24.5. The van der Waals surface area contributed by atoms with Crippen LogP contribution >= 0.6 is 0 Å². The number of amides is 2. The second-order valence-electron chi connectivity index (χ2n) is 8.48. The minimum Gasteiger partial charge on any atom is -0.449 e. The van der Waals surface area contributed by atoms with E-state index >= 15 is 0 Å². The van der Waals surface area contributed by atoms with Crippen LogP contribution in [0.1, 0.15) is 35.4 Å². The fraction of sp³-hybridized carbons (Fsp3) is 0.286. The molecule has 0 bridgehead atoms. The molecule has 0 unspecified atom stereocenters. The van der Waals surface area contributed by atoms with Gasteiger partial charge in [-0.25, -0.2) is 9.59 Å². The van der Waals surface area contributed by atoms with Gasteiger partial charge in [-0.1, -0.05) is 78.9 Å². The summed E-state index contributed by atoms with van der Waals surface area (Å²) in [5.74, 6) is -0.0215. The third-order valence-electron chi connectivity index (χ3n) is 6.10. The smallest absolute Gasteiger partial charge is 0.407 e. The number of alkyl carbamates (subject to hydrolysis) is 2. The molecule has 1 aliphatic rings. The number of nitrogens with one attached hydrogen (secondary N) is 2. The third-order valence-corrected chi connectivity index (χ3v) is 6.10. The topological polar surface area (TPSA) is 96.9 Å². The molecule has 7 nitrogen and oxygen atoms in total. The van der Waals surface area contributed by atoms with Crippen LogP contribution in [0.5, 0.6) is 0 Å². The molecule has 3 aromatic rings. The van der Waals surface area contributed by atoms with Crippen LogP contribution in [0.25, 0.3) is 11.1 Å². The summed E-state index contributed by atoms with van der Waals surface area (Å²) in [5.41, 5.74) is 5.53. The van der Waals surface area contributed by atoms with Crippen molar-refractivity contribution in [2.24, 2.45) is 0 Å². The number of aliphatic hydroxyl groups excluding tert-OH is 1. The Labute approximate surface area is 205 Å². The number of aliphatic hydroxyl groups is 1. The molecule has 0 spiro atoms. The van der Waals surface area contributed by atoms with Crippen molar-refractivity contribution in [2.75, 3.05) is 19.8 Å². The van der Waals surface area contributed by atoms with Crippen LogP contribution in [0.3, 0.4) is 0 Å². The van der Waals surface area contributed by atoms with Crippen molar-refractivity contribution in [3.63, 3.8) is 0 Å². The highest BCUT2D eigenvalue weighted by Crippen LogP contribution is 2.44. The van der Waals surface area contributed by atoms with E-state index in [1.165, 1.54) is 11.1 Å². The summed E-state index contributed by atoms with van der Waals surface area (Å²) < 4.78 is 10.7. The van der Waals surface area contributed by atoms with Gasteiger partial charge in [-0.2, -0.15) is 0 Å². The number of carbonyl (C=O) groups is 2. The number of fused-ring (bicyclic) bond motifs is 3. The van der Waals surface area contributed by atoms with Gasteiger partial charge in [-0.15, -0.1) is 0 Å². The predicted molar refractivity (Wildman–Crippen MR) is 133 cm³/mol. The number of ether oxygens (including phenoxy) is 2. The first kappa shape index (κ1) is 24.3. The van der Waals surface area contributed by atoms with Gasteiger partial charge >= 0.3 is 12.2 Å². The lowest BCUT2D eigenvalue weighted by molar-refractivity contribution is 0.130. The Morgan fingerprint density at radius 2 is 1.46 bits per heavy atom. The van der Waals surface area contributed by atoms with Gasteiger partial charge in [0.15, 0.2) is 0 Å². The molecule has 182 valence electrons. The Hall–Kier alpha value is -3.84. The van der Waals surface area contributed by atoms with Gasteiger partial charge in [0, 0.05) is 12.5 Å². The molecule has 0 aromatic heterocycles. The highest BCUT2D eigenvalue weighted by Gasteiger charge is 2.29. The van der Waals surface area contributed by atoms with E-state index in [1.807, 2.05) is 54.6 Å². The highest BCUT2D eigenvalue weighted by molar-refractivity contribution is 5.79. The Kier molecular flexibility index (Phi) is 8.35. The summed E-state index contributed by atoms with van der Waals surface area (Å²) in [4.78, 5) is 24.2. The molecule has 3 aromatic carbocycles. The molecule has 2 amide bonds. The lowest BCUT2D eigenvalue weighted by Gasteiger charge is -2.18. The summed E-state index contributed by atoms with van der Waals surface area (Å²) in [6.07, 6.45) is -0.0188. The molecular weight excluding hydrogens is 444 g/mol. The summed E-state index contributed by atoms with van der Waals surface area (Å²) >= 11 is 0. The monoisotopic (exact) mass is 474 g/mol. The van der Waals surface area contributed by atoms with Gasteiger partial charge in [0.25, 0.3) is 0 Å². The van der Waals surface area contributed by atoms with Crippen molar-refractivity contribution in [3.05, 3.63) is 95.6 Å². The molecule has 1 aliphatic carbocycles. The van der Waals surface area contributed by atoms with Crippen molar-refractivity contribution in [3.8, 4) is 11.1 Å². The number of hydrogen-bond donors (Lipinski definition) is 3. The number of rotatable bonds is 10. The number of hydrogen-bond acceptors (Lipinski definition) is 5. The van der Waals surface area contributed by atoms with Gasteiger partial charge in [-0.3, -0.25) is 0 Å². The second-order valence-corrected chi connectivity index (χ2v) is 8.48. The van der Waals surface area contributed by atoms with Crippen LogP contribution in [0.15, 0.2) is 78.9 Å². The first-order chi connectivity index (χ1) is 17.2. The van der Waals surface area contributed by atoms with Crippen LogP contribution in [-0.4, -0.2) is 43.1 Å². The molecule has 4 rings (SSSR count). The lowest BCUT2D eigenvalue weighted by Crippen LogP contribution is -2.39. The Balaban J connectivity index is 1.18. The van der Waals surface area contributed by atoms with Crippen molar-refractivity contribution < 1.29 is 24.2 Å². The molecule has 0 saturated carbocycles. The summed E-state index contributed by atoms with van der Waals surface area (Å²) in [6.45, 7) is 0.571. The van der Waals surface area contributed by atoms with Crippen molar-refractivity contribution >= 4 is 12.2 Å². The maximum atomic E-state index is 12.4. The first-order valence-corrected chi connectivity index (χ1v) is 11.8. The van der Waals surface area contributed by atoms with Gasteiger partial charge < -0.3 is 25.2 Å². The molecule has 0 aliphatic heterocycles. The van der Waals surface area contributed by atoms with E-state index in [-0.39, 0.29) is 25.7 Å². The predicted octanol–water partition coefficient (Wildman–Crippen LogP) is 4.59. The van der Waals surface area contributed by atoms with E-state index in [1.54, 1.807) is 0 Å². The molecule has 3 N–H and O–H groups in total. The molecule has 7 heteroatoms. The maximum Gasteiger partial charge on any atom is 0.407 e. The Bertz CT molecular complexity index is 1090. The molecular formula is C28H30N2O5. The quantitative estimate of drug-likeness (QED) is 0.374. The second kappa shape index (κ2) is 12.0. The van der Waals surface area contributed by atoms with Gasteiger partial charge in [0.1, 0.15) is 13.2 Å². The van der Waals surface area contributed by atoms with Crippen LogP contribution in [-0.2, 0) is 16.1 Å². The van der Waals surface area contributed by atoms with Crippen LogP contribution < -0.4 is 10.6 Å². The van der Waals surface area contributed by atoms with Crippen LogP contribution in [0.2, 0.25) is 0 Å². The van der Waals surface area contributed by atoms with Crippen molar-refractivity contribution in [2.45, 2.75) is 31.4 Å². The average Bonchev–Trinajstić information content (AvgIpc) is 3.22. The zero-order valence-electron chi connectivity index (χ0n) is 19.5. The summed E-state index contributed by atoms with van der Waals surface area (Å²) in [6, 6.07) is 25.3. The molecule has 35 heavy (non-hydrogen) atoms. The van der Waals surface area contributed by atoms with Gasteiger partial charge in [-0.05, 0) is 40.7 Å². The maximum absolute atomic E-state index is 12.4. The molecule has 0 saturated heterocycles. The fourth-order valence-corrected chi connectivity index (χ4v) is 4.33. The molecule has 0 fully saturated rings. The summed E-state index contributed by atoms with van der Waals surface area (Å²) in [5, 5.41) is 15.0. The summed E-state index contributed by atoms with van der Waals surface area (Å²) in [7, 11) is 0. The minimum absolute atomic E-state index is 0.0215. The van der Waals surface area contributed by atoms with E-state index < -0.39 is 18.2 Å². The average molecular weight is 475 g/mol. The Morgan fingerprint density at radius 3 is 2.11 bits per heavy atom. The third kappa shape index (κ3) is 6.39. The van der Waals surface area contributed by atoms with Gasteiger partial charge in [0.2, 0.25) is 0 Å². The van der Waals surface area contributed by atoms with E-state index in [0.717, 1.165) is 16.7 Å². The van der Waals surface area contributed by atoms with Crippen molar-refractivity contribution in [1.82, 2.24) is 10.6 Å². The van der Waals surface area contributed by atoms with E-state index in [4.69, 9.17) is 9.47 Å². The largest absolute Gasteiger partial charge is 0.449 e. The number of benzene rings is 3. The molecule has 0 heterocycles.